The molecule has 8 nitrogen and oxygen atoms in total. The maximum absolute atomic E-state index is 12.3. The SMILES string of the molecule is COc1cc(OC)c(/C=N\NC(=O)c2ccc(COc3ccccc3)o2)c(OC)c1. The third-order valence-corrected chi connectivity index (χ3v) is 4.12. The predicted molar refractivity (Wildman–Crippen MR) is 111 cm³/mol. The summed E-state index contributed by atoms with van der Waals surface area (Å²) in [6.45, 7) is 0.209. The van der Waals surface area contributed by atoms with Crippen LogP contribution in [0.4, 0.5) is 0 Å². The zero-order chi connectivity index (χ0) is 21.3. The van der Waals surface area contributed by atoms with Gasteiger partial charge in [0.2, 0.25) is 0 Å². The van der Waals surface area contributed by atoms with E-state index < -0.39 is 5.91 Å². The van der Waals surface area contributed by atoms with E-state index in [9.17, 15) is 4.79 Å². The second kappa shape index (κ2) is 10.0. The summed E-state index contributed by atoms with van der Waals surface area (Å²) in [5.74, 6) is 2.41. The predicted octanol–water partition coefficient (Wildman–Crippen LogP) is 3.65. The largest absolute Gasteiger partial charge is 0.496 e. The number of rotatable bonds is 9. The summed E-state index contributed by atoms with van der Waals surface area (Å²) in [4.78, 5) is 12.3. The van der Waals surface area contributed by atoms with Crippen molar-refractivity contribution in [3.63, 3.8) is 0 Å². The van der Waals surface area contributed by atoms with E-state index in [-0.39, 0.29) is 12.4 Å². The first-order chi connectivity index (χ1) is 14.6. The number of para-hydroxylation sites is 1. The Morgan fingerprint density at radius 2 is 1.67 bits per heavy atom. The molecule has 0 saturated heterocycles. The van der Waals surface area contributed by atoms with E-state index in [1.165, 1.54) is 20.4 Å². The van der Waals surface area contributed by atoms with Crippen LogP contribution in [0.15, 0.2) is 64.1 Å². The van der Waals surface area contributed by atoms with E-state index in [4.69, 9.17) is 23.4 Å². The van der Waals surface area contributed by atoms with Crippen molar-refractivity contribution in [3.05, 3.63) is 71.7 Å². The Labute approximate surface area is 174 Å². The standard InChI is InChI=1S/C22H22N2O6/c1-26-17-11-20(27-2)18(21(12-17)28-3)13-23-24-22(25)19-10-9-16(30-19)14-29-15-7-5-4-6-8-15/h4-13H,14H2,1-3H3,(H,24,25)/b23-13-. The van der Waals surface area contributed by atoms with Gasteiger partial charge in [-0.1, -0.05) is 18.2 Å². The van der Waals surface area contributed by atoms with Gasteiger partial charge in [0.25, 0.3) is 0 Å². The van der Waals surface area contributed by atoms with Crippen molar-refractivity contribution >= 4 is 12.1 Å². The molecule has 2 aromatic carbocycles. The van der Waals surface area contributed by atoms with E-state index in [2.05, 4.69) is 10.5 Å². The van der Waals surface area contributed by atoms with Crippen molar-refractivity contribution in [2.45, 2.75) is 6.61 Å². The second-order valence-electron chi connectivity index (χ2n) is 6.01. The molecule has 0 aliphatic rings. The zero-order valence-electron chi connectivity index (χ0n) is 16.9. The molecule has 8 heteroatoms. The minimum Gasteiger partial charge on any atom is -0.496 e. The van der Waals surface area contributed by atoms with Gasteiger partial charge in [0.1, 0.15) is 35.4 Å². The van der Waals surface area contributed by atoms with E-state index in [1.807, 2.05) is 30.3 Å². The van der Waals surface area contributed by atoms with Gasteiger partial charge < -0.3 is 23.4 Å². The number of nitrogens with one attached hydrogen (secondary N) is 1. The van der Waals surface area contributed by atoms with E-state index in [0.717, 1.165) is 0 Å². The lowest BCUT2D eigenvalue weighted by molar-refractivity contribution is 0.0923. The minimum atomic E-state index is -0.497. The Bertz CT molecular complexity index is 988. The van der Waals surface area contributed by atoms with Crippen molar-refractivity contribution in [2.75, 3.05) is 21.3 Å². The van der Waals surface area contributed by atoms with Gasteiger partial charge in [-0.05, 0) is 24.3 Å². The molecule has 30 heavy (non-hydrogen) atoms. The lowest BCUT2D eigenvalue weighted by Crippen LogP contribution is -2.17. The summed E-state index contributed by atoms with van der Waals surface area (Å²) in [5.41, 5.74) is 2.97. The van der Waals surface area contributed by atoms with Gasteiger partial charge in [-0.2, -0.15) is 5.10 Å². The molecule has 156 valence electrons. The van der Waals surface area contributed by atoms with Crippen molar-refractivity contribution in [3.8, 4) is 23.0 Å². The quantitative estimate of drug-likeness (QED) is 0.428. The molecule has 3 rings (SSSR count). The lowest BCUT2D eigenvalue weighted by Gasteiger charge is -2.12. The number of hydrogen-bond acceptors (Lipinski definition) is 7. The van der Waals surface area contributed by atoms with Crippen LogP contribution < -0.4 is 24.4 Å². The fourth-order valence-electron chi connectivity index (χ4n) is 2.62. The van der Waals surface area contributed by atoms with Gasteiger partial charge >= 0.3 is 5.91 Å². The van der Waals surface area contributed by atoms with Crippen LogP contribution in [0.2, 0.25) is 0 Å². The number of nitrogens with zero attached hydrogens (tertiary/aromatic N) is 1. The van der Waals surface area contributed by atoms with Crippen molar-refractivity contribution in [1.29, 1.82) is 0 Å². The molecule has 0 spiro atoms. The number of carbonyl (C=O) groups excluding carboxylic acids is 1. The molecular formula is C22H22N2O6. The monoisotopic (exact) mass is 410 g/mol. The topological polar surface area (TPSA) is 91.5 Å². The first-order valence-corrected chi connectivity index (χ1v) is 9.04. The van der Waals surface area contributed by atoms with Crippen LogP contribution in [-0.2, 0) is 6.61 Å². The molecule has 1 amide bonds. The number of benzene rings is 2. The Balaban J connectivity index is 1.63. The van der Waals surface area contributed by atoms with Crippen LogP contribution >= 0.6 is 0 Å². The number of ether oxygens (including phenoxy) is 4. The summed E-state index contributed by atoms with van der Waals surface area (Å²) in [6.07, 6.45) is 1.43. The summed E-state index contributed by atoms with van der Waals surface area (Å²) in [6, 6.07) is 16.0. The van der Waals surface area contributed by atoms with Crippen molar-refractivity contribution in [2.24, 2.45) is 5.10 Å². The highest BCUT2D eigenvalue weighted by Crippen LogP contribution is 2.32. The first kappa shape index (κ1) is 20.8. The van der Waals surface area contributed by atoms with Crippen LogP contribution in [-0.4, -0.2) is 33.5 Å². The van der Waals surface area contributed by atoms with Crippen LogP contribution in [0.1, 0.15) is 21.9 Å². The highest BCUT2D eigenvalue weighted by atomic mass is 16.5. The number of furan rings is 1. The average Bonchev–Trinajstić information content (AvgIpc) is 3.27. The summed E-state index contributed by atoms with van der Waals surface area (Å²) >= 11 is 0. The molecule has 0 atom stereocenters. The van der Waals surface area contributed by atoms with Gasteiger partial charge in [-0.3, -0.25) is 4.79 Å². The number of methoxy groups -OCH3 is 3. The molecule has 1 heterocycles. The van der Waals surface area contributed by atoms with Crippen molar-refractivity contribution < 1.29 is 28.2 Å². The third kappa shape index (κ3) is 5.11. The van der Waals surface area contributed by atoms with Gasteiger partial charge in [-0.25, -0.2) is 5.43 Å². The van der Waals surface area contributed by atoms with E-state index in [0.29, 0.717) is 34.3 Å². The van der Waals surface area contributed by atoms with E-state index in [1.54, 1.807) is 31.4 Å². The number of carbonyl (C=O) groups is 1. The Hall–Kier alpha value is -3.94. The summed E-state index contributed by atoms with van der Waals surface area (Å²) in [5, 5.41) is 3.98. The third-order valence-electron chi connectivity index (χ3n) is 4.12. The first-order valence-electron chi connectivity index (χ1n) is 9.04. The normalized spacial score (nSPS) is 10.6. The van der Waals surface area contributed by atoms with Gasteiger partial charge in [0.05, 0.1) is 33.1 Å². The highest BCUT2D eigenvalue weighted by molar-refractivity contribution is 5.93. The molecule has 0 bridgehead atoms. The lowest BCUT2D eigenvalue weighted by atomic mass is 10.2. The fraction of sp³-hybridized carbons (Fsp3) is 0.182. The smallest absolute Gasteiger partial charge is 0.307 e. The molecule has 0 unspecified atom stereocenters. The number of hydrogen-bond donors (Lipinski definition) is 1. The fourth-order valence-corrected chi connectivity index (χ4v) is 2.62. The van der Waals surface area contributed by atoms with Crippen LogP contribution in [0.5, 0.6) is 23.0 Å². The highest BCUT2D eigenvalue weighted by Gasteiger charge is 2.13. The minimum absolute atomic E-state index is 0.118. The Morgan fingerprint density at radius 1 is 0.967 bits per heavy atom. The molecule has 3 aromatic rings. The number of amides is 1. The molecule has 0 aliphatic heterocycles. The Kier molecular flexibility index (Phi) is 6.94. The molecule has 1 aromatic heterocycles. The van der Waals surface area contributed by atoms with Crippen molar-refractivity contribution in [1.82, 2.24) is 5.43 Å². The zero-order valence-corrected chi connectivity index (χ0v) is 16.9. The van der Waals surface area contributed by atoms with Gasteiger partial charge in [0.15, 0.2) is 5.76 Å². The average molecular weight is 410 g/mol. The second-order valence-corrected chi connectivity index (χ2v) is 6.01. The molecule has 1 N–H and O–H groups in total. The maximum atomic E-state index is 12.3. The van der Waals surface area contributed by atoms with Crippen LogP contribution in [0.3, 0.4) is 0 Å². The van der Waals surface area contributed by atoms with Crippen LogP contribution in [0.25, 0.3) is 0 Å². The number of hydrazone groups is 1. The Morgan fingerprint density at radius 3 is 2.30 bits per heavy atom. The molecule has 0 aliphatic carbocycles. The molecule has 0 fully saturated rings. The van der Waals surface area contributed by atoms with Crippen LogP contribution in [0, 0.1) is 0 Å². The molecular weight excluding hydrogens is 388 g/mol. The maximum Gasteiger partial charge on any atom is 0.307 e. The molecule has 0 radical (unpaired) electrons. The summed E-state index contributed by atoms with van der Waals surface area (Å²) < 4.78 is 27.0. The van der Waals surface area contributed by atoms with Gasteiger partial charge in [-0.15, -0.1) is 0 Å². The summed E-state index contributed by atoms with van der Waals surface area (Å²) in [7, 11) is 4.59. The molecule has 0 saturated carbocycles. The van der Waals surface area contributed by atoms with Gasteiger partial charge in [0, 0.05) is 12.1 Å². The van der Waals surface area contributed by atoms with E-state index >= 15 is 0 Å².